The van der Waals surface area contributed by atoms with Crippen LogP contribution in [-0.2, 0) is 14.3 Å². The summed E-state index contributed by atoms with van der Waals surface area (Å²) < 4.78 is 9.91. The van der Waals surface area contributed by atoms with Crippen molar-refractivity contribution >= 4 is 17.6 Å². The minimum absolute atomic E-state index is 0.00651. The Morgan fingerprint density at radius 1 is 1.30 bits per heavy atom. The molecule has 1 aromatic rings. The van der Waals surface area contributed by atoms with Gasteiger partial charge in [-0.2, -0.15) is 0 Å². The highest BCUT2D eigenvalue weighted by atomic mass is 16.5. The topological polar surface area (TPSA) is 67.9 Å². The molecule has 1 aromatic carbocycles. The molecular formula is C14H18N2O4. The minimum Gasteiger partial charge on any atom is -0.465 e. The maximum Gasteiger partial charge on any atom is 0.339 e. The van der Waals surface area contributed by atoms with E-state index in [1.807, 2.05) is 0 Å². The van der Waals surface area contributed by atoms with Crippen molar-refractivity contribution in [3.8, 4) is 0 Å². The van der Waals surface area contributed by atoms with E-state index in [2.05, 4.69) is 5.32 Å². The van der Waals surface area contributed by atoms with Crippen LogP contribution in [0.1, 0.15) is 10.4 Å². The fourth-order valence-corrected chi connectivity index (χ4v) is 2.02. The molecule has 20 heavy (non-hydrogen) atoms. The lowest BCUT2D eigenvalue weighted by molar-refractivity contribution is -0.133. The Morgan fingerprint density at radius 2 is 2.00 bits per heavy atom. The number of nitrogens with zero attached hydrogens (tertiary/aromatic N) is 1. The number of morpholine rings is 1. The van der Waals surface area contributed by atoms with Crippen molar-refractivity contribution in [1.29, 1.82) is 0 Å². The van der Waals surface area contributed by atoms with Crippen molar-refractivity contribution in [2.75, 3.05) is 45.3 Å². The number of amides is 1. The molecule has 0 bridgehead atoms. The summed E-state index contributed by atoms with van der Waals surface area (Å²) >= 11 is 0. The monoisotopic (exact) mass is 278 g/mol. The number of rotatable bonds is 4. The lowest BCUT2D eigenvalue weighted by Gasteiger charge is -2.27. The van der Waals surface area contributed by atoms with Crippen molar-refractivity contribution in [2.24, 2.45) is 0 Å². The molecule has 6 nitrogen and oxygen atoms in total. The van der Waals surface area contributed by atoms with Gasteiger partial charge in [0.2, 0.25) is 5.91 Å². The maximum atomic E-state index is 12.0. The number of anilines is 1. The summed E-state index contributed by atoms with van der Waals surface area (Å²) in [4.78, 5) is 25.4. The van der Waals surface area contributed by atoms with Crippen LogP contribution < -0.4 is 5.32 Å². The van der Waals surface area contributed by atoms with Gasteiger partial charge in [-0.15, -0.1) is 0 Å². The van der Waals surface area contributed by atoms with Gasteiger partial charge in [0, 0.05) is 18.8 Å². The van der Waals surface area contributed by atoms with E-state index in [0.717, 1.165) is 0 Å². The molecule has 0 atom stereocenters. The highest BCUT2D eigenvalue weighted by Crippen LogP contribution is 2.15. The molecule has 6 heteroatoms. The Labute approximate surface area is 117 Å². The lowest BCUT2D eigenvalue weighted by atomic mass is 10.2. The molecule has 1 aliphatic heterocycles. The van der Waals surface area contributed by atoms with E-state index in [9.17, 15) is 9.59 Å². The summed E-state index contributed by atoms with van der Waals surface area (Å²) in [5, 5.41) is 2.99. The Kier molecular flexibility index (Phi) is 4.95. The molecule has 1 fully saturated rings. The summed E-state index contributed by atoms with van der Waals surface area (Å²) in [7, 11) is 1.33. The normalized spacial score (nSPS) is 14.8. The smallest absolute Gasteiger partial charge is 0.339 e. The first-order chi connectivity index (χ1) is 9.72. The third-order valence-corrected chi connectivity index (χ3v) is 3.13. The number of hydrogen-bond acceptors (Lipinski definition) is 5. The highest BCUT2D eigenvalue weighted by Gasteiger charge is 2.17. The summed E-state index contributed by atoms with van der Waals surface area (Å²) in [5.41, 5.74) is 1.02. The standard InChI is InChI=1S/C14H18N2O4/c1-19-14(18)11-4-2-3-5-12(11)15-10-13(17)16-6-8-20-9-7-16/h2-5,15H,6-10H2,1H3. The van der Waals surface area contributed by atoms with Gasteiger partial charge in [0.15, 0.2) is 0 Å². The summed E-state index contributed by atoms with van der Waals surface area (Å²) in [6.45, 7) is 2.52. The molecule has 0 aromatic heterocycles. The van der Waals surface area contributed by atoms with Gasteiger partial charge in [-0.1, -0.05) is 12.1 Å². The van der Waals surface area contributed by atoms with E-state index >= 15 is 0 Å². The molecule has 0 spiro atoms. The van der Waals surface area contributed by atoms with E-state index in [1.54, 1.807) is 29.2 Å². The van der Waals surface area contributed by atoms with Gasteiger partial charge in [0.1, 0.15) is 0 Å². The van der Waals surface area contributed by atoms with Crippen LogP contribution in [0.3, 0.4) is 0 Å². The first-order valence-electron chi connectivity index (χ1n) is 6.49. The lowest BCUT2D eigenvalue weighted by Crippen LogP contribution is -2.43. The number of benzene rings is 1. The zero-order valence-electron chi connectivity index (χ0n) is 11.4. The first kappa shape index (κ1) is 14.3. The summed E-state index contributed by atoms with van der Waals surface area (Å²) in [5.74, 6) is -0.431. The predicted octanol–water partition coefficient (Wildman–Crippen LogP) is 0.744. The minimum atomic E-state index is -0.424. The number of nitrogens with one attached hydrogen (secondary N) is 1. The fraction of sp³-hybridized carbons (Fsp3) is 0.429. The number of esters is 1. The highest BCUT2D eigenvalue weighted by molar-refractivity contribution is 5.96. The Bertz CT molecular complexity index is 484. The predicted molar refractivity (Wildman–Crippen MR) is 73.7 cm³/mol. The van der Waals surface area contributed by atoms with Crippen LogP contribution in [0.25, 0.3) is 0 Å². The Balaban J connectivity index is 1.96. The van der Waals surface area contributed by atoms with Crippen molar-refractivity contribution in [3.63, 3.8) is 0 Å². The fourth-order valence-electron chi connectivity index (χ4n) is 2.02. The van der Waals surface area contributed by atoms with E-state index in [4.69, 9.17) is 9.47 Å². The summed E-state index contributed by atoms with van der Waals surface area (Å²) in [6.07, 6.45) is 0. The second-order valence-corrected chi connectivity index (χ2v) is 4.38. The van der Waals surface area contributed by atoms with Crippen LogP contribution in [-0.4, -0.2) is 56.7 Å². The van der Waals surface area contributed by atoms with Crippen molar-refractivity contribution in [1.82, 2.24) is 4.90 Å². The molecule has 108 valence electrons. The number of carbonyl (C=O) groups is 2. The third-order valence-electron chi connectivity index (χ3n) is 3.13. The number of methoxy groups -OCH3 is 1. The van der Waals surface area contributed by atoms with Crippen molar-refractivity contribution in [3.05, 3.63) is 29.8 Å². The Morgan fingerprint density at radius 3 is 2.70 bits per heavy atom. The van der Waals surface area contributed by atoms with Gasteiger partial charge in [-0.3, -0.25) is 4.79 Å². The average molecular weight is 278 g/mol. The second-order valence-electron chi connectivity index (χ2n) is 4.38. The third kappa shape index (κ3) is 3.48. The molecular weight excluding hydrogens is 260 g/mol. The van der Waals surface area contributed by atoms with Gasteiger partial charge >= 0.3 is 5.97 Å². The number of hydrogen-bond donors (Lipinski definition) is 1. The van der Waals surface area contributed by atoms with Crippen LogP contribution >= 0.6 is 0 Å². The average Bonchev–Trinajstić information content (AvgIpc) is 2.53. The molecule has 2 rings (SSSR count). The van der Waals surface area contributed by atoms with E-state index in [-0.39, 0.29) is 12.5 Å². The number of para-hydroxylation sites is 1. The SMILES string of the molecule is COC(=O)c1ccccc1NCC(=O)N1CCOCC1. The zero-order chi connectivity index (χ0) is 14.4. The molecule has 1 amide bonds. The Hall–Kier alpha value is -2.08. The van der Waals surface area contributed by atoms with Crippen molar-refractivity contribution < 1.29 is 19.1 Å². The van der Waals surface area contributed by atoms with Gasteiger partial charge in [-0.05, 0) is 12.1 Å². The largest absolute Gasteiger partial charge is 0.465 e. The number of ether oxygens (including phenoxy) is 2. The van der Waals surface area contributed by atoms with Gasteiger partial charge in [-0.25, -0.2) is 4.79 Å². The van der Waals surface area contributed by atoms with Gasteiger partial charge in [0.25, 0.3) is 0 Å². The van der Waals surface area contributed by atoms with Gasteiger partial charge in [0.05, 0.1) is 32.4 Å². The van der Waals surface area contributed by atoms with Gasteiger partial charge < -0.3 is 19.7 Å². The maximum absolute atomic E-state index is 12.0. The van der Waals surface area contributed by atoms with Crippen LogP contribution in [0.5, 0.6) is 0 Å². The van der Waals surface area contributed by atoms with Crippen LogP contribution in [0.4, 0.5) is 5.69 Å². The molecule has 1 aliphatic rings. The van der Waals surface area contributed by atoms with Crippen molar-refractivity contribution in [2.45, 2.75) is 0 Å². The molecule has 0 radical (unpaired) electrons. The van der Waals surface area contributed by atoms with E-state index < -0.39 is 5.97 Å². The van der Waals surface area contributed by atoms with Crippen LogP contribution in [0, 0.1) is 0 Å². The molecule has 1 N–H and O–H groups in total. The number of carbonyl (C=O) groups excluding carboxylic acids is 2. The second kappa shape index (κ2) is 6.91. The van der Waals surface area contributed by atoms with Crippen LogP contribution in [0.15, 0.2) is 24.3 Å². The van der Waals surface area contributed by atoms with Crippen LogP contribution in [0.2, 0.25) is 0 Å². The molecule has 1 saturated heterocycles. The molecule has 0 aliphatic carbocycles. The summed E-state index contributed by atoms with van der Waals surface area (Å²) in [6, 6.07) is 6.96. The first-order valence-corrected chi connectivity index (χ1v) is 6.49. The van der Waals surface area contributed by atoms with E-state index in [0.29, 0.717) is 37.6 Å². The molecule has 0 saturated carbocycles. The molecule has 1 heterocycles. The zero-order valence-corrected chi connectivity index (χ0v) is 11.4. The quantitative estimate of drug-likeness (QED) is 0.823. The van der Waals surface area contributed by atoms with E-state index in [1.165, 1.54) is 7.11 Å². The molecule has 0 unspecified atom stereocenters.